The normalized spacial score (nSPS) is 11.6. The Morgan fingerprint density at radius 1 is 0.472 bits per heavy atom. The first-order valence-corrected chi connectivity index (χ1v) is 13.1. The van der Waals surface area contributed by atoms with E-state index in [2.05, 4.69) is 133 Å². The van der Waals surface area contributed by atoms with Gasteiger partial charge >= 0.3 is 211 Å². The molecule has 36 heavy (non-hydrogen) atoms. The molecule has 176 valence electrons. The van der Waals surface area contributed by atoms with Crippen LogP contribution in [0.3, 0.4) is 0 Å². The van der Waals surface area contributed by atoms with E-state index in [1.54, 1.807) is 0 Å². The van der Waals surface area contributed by atoms with Crippen molar-refractivity contribution in [3.63, 3.8) is 0 Å². The molecule has 0 atom stereocenters. The molecule has 0 bridgehead atoms. The Morgan fingerprint density at radius 3 is 1.42 bits per heavy atom. The number of rotatable bonds is 6. The van der Waals surface area contributed by atoms with Gasteiger partial charge in [-0.2, -0.15) is 0 Å². The Labute approximate surface area is 234 Å². The maximum absolute atomic E-state index is 6.80. The molecular weight excluding hydrogens is 519 g/mol. The van der Waals surface area contributed by atoms with Gasteiger partial charge in [0.25, 0.3) is 0 Å². The van der Waals surface area contributed by atoms with Gasteiger partial charge in [0.15, 0.2) is 0 Å². The van der Waals surface area contributed by atoms with Crippen LogP contribution in [0.2, 0.25) is 0 Å². The molecule has 0 aromatic heterocycles. The van der Waals surface area contributed by atoms with Crippen LogP contribution in [0, 0.1) is 0 Å². The molecule has 1 aliphatic carbocycles. The third-order valence-electron chi connectivity index (χ3n) is 6.60. The fourth-order valence-corrected chi connectivity index (χ4v) is 6.64. The average Bonchev–Trinajstić information content (AvgIpc) is 3.25. The van der Waals surface area contributed by atoms with Gasteiger partial charge in [0.1, 0.15) is 0 Å². The van der Waals surface area contributed by atoms with Crippen LogP contribution in [-0.4, -0.2) is 0 Å². The second-order valence-corrected chi connectivity index (χ2v) is 10.1. The molecule has 0 fully saturated rings. The van der Waals surface area contributed by atoms with E-state index in [1.807, 2.05) is 0 Å². The molecule has 0 saturated heterocycles. The summed E-state index contributed by atoms with van der Waals surface area (Å²) >= 11 is -0.854. The quantitative estimate of drug-likeness (QED) is 0.288. The van der Waals surface area contributed by atoms with Crippen LogP contribution in [0.4, 0.5) is 0 Å². The van der Waals surface area contributed by atoms with Crippen molar-refractivity contribution in [1.82, 2.24) is 0 Å². The number of benzene rings is 5. The van der Waals surface area contributed by atoms with E-state index < -0.39 is 19.5 Å². The standard InChI is InChI=1S/C19H13.C13H11O.2ClH.Ti/c1-2-8-14(9-3-1)19-17-12-6-4-10-15(17)16-11-5-7-13-18(16)19;14-13(11-7-3-1-4-8-11)12-9-5-2-6-10-12;;;/h1-8,10-13,19H;1-10,13H;2*1H;/q;-1;;;+3/p-2. The summed E-state index contributed by atoms with van der Waals surface area (Å²) in [7, 11) is 0. The third kappa shape index (κ3) is 5.09. The zero-order chi connectivity index (χ0) is 22.7. The number of fused-ring (bicyclic) bond motifs is 3. The Hall–Kier alpha value is -2.65. The van der Waals surface area contributed by atoms with Crippen molar-refractivity contribution in [1.29, 1.82) is 0 Å². The van der Waals surface area contributed by atoms with Gasteiger partial charge in [-0.3, -0.25) is 0 Å². The molecule has 6 rings (SSSR count). The maximum atomic E-state index is 6.80. The fraction of sp³-hybridized carbons (Fsp3) is 0.0625. The summed E-state index contributed by atoms with van der Waals surface area (Å²) in [6, 6.07) is 47.7. The number of halogens is 2. The minimum absolute atomic E-state index is 0. The summed E-state index contributed by atoms with van der Waals surface area (Å²) in [6.45, 7) is 0. The molecule has 0 spiro atoms. The van der Waals surface area contributed by atoms with Gasteiger partial charge in [-0.25, -0.2) is 0 Å². The van der Waals surface area contributed by atoms with E-state index in [0.29, 0.717) is 0 Å². The summed E-state index contributed by atoms with van der Waals surface area (Å²) in [5.74, 6) is 0.253. The molecule has 0 radical (unpaired) electrons. The Kier molecular flexibility index (Phi) is 8.85. The molecule has 0 N–H and O–H groups in total. The predicted molar refractivity (Wildman–Crippen MR) is 135 cm³/mol. The zero-order valence-corrected chi connectivity index (χ0v) is 22.6. The Balaban J connectivity index is 0.00000152. The molecule has 1 nitrogen and oxygen atoms in total. The van der Waals surface area contributed by atoms with Crippen LogP contribution in [0.5, 0.6) is 0 Å². The molecule has 0 amide bonds. The van der Waals surface area contributed by atoms with Crippen molar-refractivity contribution in [2.24, 2.45) is 0 Å². The summed E-state index contributed by atoms with van der Waals surface area (Å²) in [5, 5.41) is 0. The molecule has 0 aliphatic heterocycles. The van der Waals surface area contributed by atoms with Crippen LogP contribution in [0.15, 0.2) is 133 Å². The first-order chi connectivity index (χ1) is 16.9. The molecule has 0 heterocycles. The van der Waals surface area contributed by atoms with Crippen LogP contribution in [-0.2, 0) is 22.9 Å². The summed E-state index contributed by atoms with van der Waals surface area (Å²) < 4.78 is 8.16. The van der Waals surface area contributed by atoms with Crippen LogP contribution in [0.25, 0.3) is 11.1 Å². The van der Waals surface area contributed by atoms with Crippen LogP contribution in [0.1, 0.15) is 39.8 Å². The molecule has 5 aromatic rings. The van der Waals surface area contributed by atoms with E-state index in [0.717, 1.165) is 0 Å². The zero-order valence-electron chi connectivity index (χ0n) is 19.5. The SMILES string of the molecule is [Cl-].[Cl-].c1ccc(C([O][Ti+2][c]2ccccc2C2c3ccccc3-c3ccccc32)c2ccccc2)cc1. The third-order valence-corrected chi connectivity index (χ3v) is 8.20. The van der Waals surface area contributed by atoms with Gasteiger partial charge in [-0.05, 0) is 0 Å². The molecule has 4 heteroatoms. The van der Waals surface area contributed by atoms with Gasteiger partial charge < -0.3 is 24.8 Å². The first-order valence-electron chi connectivity index (χ1n) is 11.7. The summed E-state index contributed by atoms with van der Waals surface area (Å²) in [5.41, 5.74) is 9.27. The monoisotopic (exact) mass is 542 g/mol. The van der Waals surface area contributed by atoms with E-state index in [1.165, 1.54) is 42.8 Å². The fourth-order valence-electron chi connectivity index (χ4n) is 5.04. The van der Waals surface area contributed by atoms with Crippen molar-refractivity contribution in [3.05, 3.63) is 161 Å². The average molecular weight is 543 g/mol. The van der Waals surface area contributed by atoms with Gasteiger partial charge in [0.2, 0.25) is 0 Å². The van der Waals surface area contributed by atoms with Crippen molar-refractivity contribution in [2.75, 3.05) is 0 Å². The molecule has 0 saturated carbocycles. The van der Waals surface area contributed by atoms with Gasteiger partial charge in [0.05, 0.1) is 0 Å². The Morgan fingerprint density at radius 2 is 0.889 bits per heavy atom. The van der Waals surface area contributed by atoms with Crippen LogP contribution >= 0.6 is 0 Å². The molecule has 1 aliphatic rings. The van der Waals surface area contributed by atoms with Crippen molar-refractivity contribution in [3.8, 4) is 11.1 Å². The summed E-state index contributed by atoms with van der Waals surface area (Å²) in [4.78, 5) is 0. The second kappa shape index (κ2) is 12.1. The van der Waals surface area contributed by atoms with Gasteiger partial charge in [-0.1, -0.05) is 0 Å². The van der Waals surface area contributed by atoms with Gasteiger partial charge in [0, 0.05) is 0 Å². The van der Waals surface area contributed by atoms with Crippen LogP contribution < -0.4 is 28.7 Å². The molecular formula is C32H24Cl2OTi. The van der Waals surface area contributed by atoms with E-state index in [4.69, 9.17) is 3.32 Å². The Bertz CT molecular complexity index is 1340. The number of hydrogen-bond acceptors (Lipinski definition) is 1. The summed E-state index contributed by atoms with van der Waals surface area (Å²) in [6.07, 6.45) is -0.0568. The molecule has 0 unspecified atom stereocenters. The minimum atomic E-state index is -0.854. The van der Waals surface area contributed by atoms with Gasteiger partial charge in [-0.15, -0.1) is 0 Å². The predicted octanol–water partition coefficient (Wildman–Crippen LogP) is 1.28. The second-order valence-electron chi connectivity index (χ2n) is 8.62. The first kappa shape index (κ1) is 26.4. The van der Waals surface area contributed by atoms with E-state index in [9.17, 15) is 0 Å². The van der Waals surface area contributed by atoms with Crippen molar-refractivity contribution >= 4 is 3.87 Å². The number of hydrogen-bond donors (Lipinski definition) is 0. The van der Waals surface area contributed by atoms with E-state index in [-0.39, 0.29) is 36.8 Å². The van der Waals surface area contributed by atoms with E-state index >= 15 is 0 Å². The van der Waals surface area contributed by atoms with Crippen molar-refractivity contribution in [2.45, 2.75) is 12.0 Å². The topological polar surface area (TPSA) is 9.23 Å². The van der Waals surface area contributed by atoms with Crippen molar-refractivity contribution < 1.29 is 47.7 Å². The molecule has 5 aromatic carbocycles.